The van der Waals surface area contributed by atoms with Crippen LogP contribution < -0.4 is 5.32 Å². The summed E-state index contributed by atoms with van der Waals surface area (Å²) < 4.78 is 5.60. The Morgan fingerprint density at radius 2 is 2.10 bits per heavy atom. The van der Waals surface area contributed by atoms with Gasteiger partial charge in [-0.1, -0.05) is 38.1 Å². The number of nitrogens with one attached hydrogen (secondary N) is 1. The van der Waals surface area contributed by atoms with Crippen molar-refractivity contribution in [1.82, 2.24) is 5.32 Å². The molecule has 0 radical (unpaired) electrons. The van der Waals surface area contributed by atoms with E-state index in [-0.39, 0.29) is 18.1 Å². The third-order valence-electron chi connectivity index (χ3n) is 3.88. The molecule has 0 heterocycles. The maximum Gasteiger partial charge on any atom is 0.249 e. The van der Waals surface area contributed by atoms with E-state index in [9.17, 15) is 4.79 Å². The van der Waals surface area contributed by atoms with Gasteiger partial charge in [0.25, 0.3) is 0 Å². The van der Waals surface area contributed by atoms with E-state index in [2.05, 4.69) is 37.4 Å². The molecule has 0 aromatic heterocycles. The van der Waals surface area contributed by atoms with Gasteiger partial charge in [0.05, 0.1) is 6.04 Å². The number of carbonyl (C=O) groups is 1. The van der Waals surface area contributed by atoms with Crippen molar-refractivity contribution in [1.29, 1.82) is 0 Å². The SMILES string of the molecule is CC(C)CCO[C@H](C)C(=O)N[C@@H]1CCc2ccccc21. The van der Waals surface area contributed by atoms with Gasteiger partial charge in [-0.15, -0.1) is 0 Å². The number of ether oxygens (including phenoxy) is 1. The number of aryl methyl sites for hydroxylation is 1. The fourth-order valence-corrected chi connectivity index (χ4v) is 2.55. The number of hydrogen-bond donors (Lipinski definition) is 1. The number of carbonyl (C=O) groups excluding carboxylic acids is 1. The average molecular weight is 275 g/mol. The Hall–Kier alpha value is -1.35. The molecule has 0 spiro atoms. The number of fused-ring (bicyclic) bond motifs is 1. The smallest absolute Gasteiger partial charge is 0.249 e. The molecule has 1 aliphatic rings. The predicted molar refractivity (Wildman–Crippen MR) is 80.5 cm³/mol. The van der Waals surface area contributed by atoms with Crippen LogP contribution in [0.15, 0.2) is 24.3 Å². The van der Waals surface area contributed by atoms with Gasteiger partial charge in [-0.25, -0.2) is 0 Å². The largest absolute Gasteiger partial charge is 0.369 e. The Morgan fingerprint density at radius 1 is 1.35 bits per heavy atom. The highest BCUT2D eigenvalue weighted by molar-refractivity contribution is 5.81. The summed E-state index contributed by atoms with van der Waals surface area (Å²) in [6, 6.07) is 8.49. The Labute approximate surface area is 121 Å². The van der Waals surface area contributed by atoms with E-state index in [1.54, 1.807) is 0 Å². The standard InChI is InChI=1S/C17H25NO2/c1-12(2)10-11-20-13(3)17(19)18-16-9-8-14-6-4-5-7-15(14)16/h4-7,12-13,16H,8-11H2,1-3H3,(H,18,19)/t13-,16-/m1/s1. The monoisotopic (exact) mass is 275 g/mol. The highest BCUT2D eigenvalue weighted by Gasteiger charge is 2.25. The Balaban J connectivity index is 1.83. The second-order valence-electron chi connectivity index (χ2n) is 5.99. The van der Waals surface area contributed by atoms with Gasteiger partial charge >= 0.3 is 0 Å². The zero-order chi connectivity index (χ0) is 14.5. The summed E-state index contributed by atoms with van der Waals surface area (Å²) >= 11 is 0. The number of amides is 1. The van der Waals surface area contributed by atoms with E-state index in [0.717, 1.165) is 19.3 Å². The lowest BCUT2D eigenvalue weighted by Crippen LogP contribution is -2.36. The Bertz CT molecular complexity index is 456. The van der Waals surface area contributed by atoms with Crippen molar-refractivity contribution in [3.63, 3.8) is 0 Å². The molecule has 1 aromatic carbocycles. The summed E-state index contributed by atoms with van der Waals surface area (Å²) in [4.78, 5) is 12.1. The second kappa shape index (κ2) is 6.89. The van der Waals surface area contributed by atoms with Crippen LogP contribution in [0, 0.1) is 5.92 Å². The van der Waals surface area contributed by atoms with E-state index < -0.39 is 0 Å². The van der Waals surface area contributed by atoms with E-state index in [1.165, 1.54) is 11.1 Å². The minimum atomic E-state index is -0.374. The van der Waals surface area contributed by atoms with Crippen LogP contribution in [0.4, 0.5) is 0 Å². The molecule has 2 rings (SSSR count). The maximum atomic E-state index is 12.1. The molecule has 0 fully saturated rings. The lowest BCUT2D eigenvalue weighted by Gasteiger charge is -2.18. The molecule has 3 nitrogen and oxygen atoms in total. The maximum absolute atomic E-state index is 12.1. The van der Waals surface area contributed by atoms with Gasteiger partial charge in [-0.3, -0.25) is 4.79 Å². The Kier molecular flexibility index (Phi) is 5.18. The van der Waals surface area contributed by atoms with Gasteiger partial charge in [0.2, 0.25) is 5.91 Å². The summed E-state index contributed by atoms with van der Waals surface area (Å²) in [7, 11) is 0. The fourth-order valence-electron chi connectivity index (χ4n) is 2.55. The van der Waals surface area contributed by atoms with Crippen LogP contribution >= 0.6 is 0 Å². The first-order chi connectivity index (χ1) is 9.58. The van der Waals surface area contributed by atoms with E-state index >= 15 is 0 Å². The van der Waals surface area contributed by atoms with Crippen LogP contribution in [0.5, 0.6) is 0 Å². The minimum Gasteiger partial charge on any atom is -0.369 e. The van der Waals surface area contributed by atoms with Crippen LogP contribution in [0.2, 0.25) is 0 Å². The van der Waals surface area contributed by atoms with Crippen molar-refractivity contribution in [3.8, 4) is 0 Å². The molecule has 1 aromatic rings. The minimum absolute atomic E-state index is 0.00420. The summed E-state index contributed by atoms with van der Waals surface area (Å²) in [5.41, 5.74) is 2.61. The van der Waals surface area contributed by atoms with E-state index in [1.807, 2.05) is 13.0 Å². The molecule has 1 N–H and O–H groups in total. The molecule has 0 unspecified atom stereocenters. The van der Waals surface area contributed by atoms with Gasteiger partial charge in [0.15, 0.2) is 0 Å². The van der Waals surface area contributed by atoms with Crippen LogP contribution in [0.25, 0.3) is 0 Å². The summed E-state index contributed by atoms with van der Waals surface area (Å²) in [6.45, 7) is 6.79. The van der Waals surface area contributed by atoms with Crippen LogP contribution in [0.1, 0.15) is 50.8 Å². The topological polar surface area (TPSA) is 38.3 Å². The zero-order valence-corrected chi connectivity index (χ0v) is 12.7. The predicted octanol–water partition coefficient (Wildman–Crippen LogP) is 3.24. The fraction of sp³-hybridized carbons (Fsp3) is 0.588. The summed E-state index contributed by atoms with van der Waals surface area (Å²) in [5.74, 6) is 0.599. The van der Waals surface area contributed by atoms with Crippen molar-refractivity contribution in [2.45, 2.75) is 52.2 Å². The second-order valence-corrected chi connectivity index (χ2v) is 5.99. The Morgan fingerprint density at radius 3 is 2.85 bits per heavy atom. The van der Waals surface area contributed by atoms with Gasteiger partial charge in [0.1, 0.15) is 6.10 Å². The van der Waals surface area contributed by atoms with E-state index in [0.29, 0.717) is 12.5 Å². The van der Waals surface area contributed by atoms with Crippen LogP contribution in [0.3, 0.4) is 0 Å². The summed E-state index contributed by atoms with van der Waals surface area (Å²) in [6.07, 6.45) is 2.65. The number of benzene rings is 1. The van der Waals surface area contributed by atoms with Gasteiger partial charge < -0.3 is 10.1 Å². The first-order valence-corrected chi connectivity index (χ1v) is 7.57. The molecule has 0 saturated heterocycles. The third kappa shape index (κ3) is 3.83. The average Bonchev–Trinajstić information content (AvgIpc) is 2.81. The number of hydrogen-bond acceptors (Lipinski definition) is 2. The molecular formula is C17H25NO2. The normalized spacial score (nSPS) is 18.9. The molecule has 0 bridgehead atoms. The van der Waals surface area contributed by atoms with Crippen molar-refractivity contribution >= 4 is 5.91 Å². The number of rotatable bonds is 6. The highest BCUT2D eigenvalue weighted by Crippen LogP contribution is 2.30. The molecule has 110 valence electrons. The molecule has 2 atom stereocenters. The molecule has 1 amide bonds. The first-order valence-electron chi connectivity index (χ1n) is 7.57. The molecule has 20 heavy (non-hydrogen) atoms. The van der Waals surface area contributed by atoms with Gasteiger partial charge in [-0.05, 0) is 43.2 Å². The van der Waals surface area contributed by atoms with Crippen LogP contribution in [-0.2, 0) is 16.0 Å². The van der Waals surface area contributed by atoms with Crippen molar-refractivity contribution in [2.24, 2.45) is 5.92 Å². The van der Waals surface area contributed by atoms with Crippen molar-refractivity contribution in [2.75, 3.05) is 6.61 Å². The molecular weight excluding hydrogens is 250 g/mol. The van der Waals surface area contributed by atoms with Crippen molar-refractivity contribution < 1.29 is 9.53 Å². The zero-order valence-electron chi connectivity index (χ0n) is 12.7. The van der Waals surface area contributed by atoms with Gasteiger partial charge in [-0.2, -0.15) is 0 Å². The van der Waals surface area contributed by atoms with E-state index in [4.69, 9.17) is 4.74 Å². The molecule has 3 heteroatoms. The third-order valence-corrected chi connectivity index (χ3v) is 3.88. The molecule has 0 saturated carbocycles. The lowest BCUT2D eigenvalue weighted by atomic mass is 10.1. The lowest BCUT2D eigenvalue weighted by molar-refractivity contribution is -0.132. The summed E-state index contributed by atoms with van der Waals surface area (Å²) in [5, 5.41) is 3.11. The molecule has 0 aliphatic heterocycles. The highest BCUT2D eigenvalue weighted by atomic mass is 16.5. The quantitative estimate of drug-likeness (QED) is 0.865. The molecule has 1 aliphatic carbocycles. The van der Waals surface area contributed by atoms with Crippen LogP contribution in [-0.4, -0.2) is 18.6 Å². The first kappa shape index (κ1) is 15.0. The van der Waals surface area contributed by atoms with Crippen molar-refractivity contribution in [3.05, 3.63) is 35.4 Å². The van der Waals surface area contributed by atoms with Gasteiger partial charge in [0, 0.05) is 6.61 Å².